The third-order valence-corrected chi connectivity index (χ3v) is 9.61. The van der Waals surface area contributed by atoms with Gasteiger partial charge in [0.15, 0.2) is 17.8 Å². The largest absolute Gasteiger partial charge is 0.454 e. The summed E-state index contributed by atoms with van der Waals surface area (Å²) in [6, 6.07) is 12.6. The molecule has 0 spiro atoms. The van der Waals surface area contributed by atoms with Gasteiger partial charge in [-0.15, -0.1) is 0 Å². The van der Waals surface area contributed by atoms with Crippen molar-refractivity contribution in [3.8, 4) is 11.5 Å². The summed E-state index contributed by atoms with van der Waals surface area (Å²) >= 11 is 0. The summed E-state index contributed by atoms with van der Waals surface area (Å²) in [5.74, 6) is 0.674. The summed E-state index contributed by atoms with van der Waals surface area (Å²) in [7, 11) is -4.28. The van der Waals surface area contributed by atoms with E-state index >= 15 is 0 Å². The SMILES string of the molecule is O=C(N[C@@H](Cc1ccccc1)[C@H](O)CN(OC1CCOCC1)S(=O)(=O)c1ccc2c(c1)OCO2)O[C@H]1CO[C@H]2OCC[C@H]21. The number of rotatable bonds is 11. The second-order valence-corrected chi connectivity index (χ2v) is 12.7. The number of sulfonamides is 1. The lowest BCUT2D eigenvalue weighted by molar-refractivity contribution is -0.170. The van der Waals surface area contributed by atoms with Crippen molar-refractivity contribution >= 4 is 16.1 Å². The van der Waals surface area contributed by atoms with Gasteiger partial charge in [0.05, 0.1) is 48.8 Å². The van der Waals surface area contributed by atoms with E-state index in [0.29, 0.717) is 44.2 Å². The fraction of sp³-hybridized carbons (Fsp3) is 0.552. The molecule has 4 heterocycles. The fourth-order valence-corrected chi connectivity index (χ4v) is 6.92. The van der Waals surface area contributed by atoms with Crippen LogP contribution in [-0.4, -0.2) is 94.5 Å². The number of fused-ring (bicyclic) bond motifs is 2. The standard InChI is InChI=1S/C29H36N2O11S/c32-24(23(14-19-4-2-1-3-5-19)30-29(33)41-27-17-38-28-22(27)10-13-37-28)16-31(42-20-8-11-36-12-9-20)43(34,35)21-6-7-25-26(15-21)40-18-39-25/h1-7,15,20,22-24,27-28,32H,8-14,16-18H2,(H,30,33)/t22-,23-,24+,27-,28+/m0/s1. The first kappa shape index (κ1) is 30.1. The molecule has 14 heteroatoms. The topological polar surface area (TPSA) is 151 Å². The number of ether oxygens (including phenoxy) is 6. The van der Waals surface area contributed by atoms with E-state index in [2.05, 4.69) is 5.32 Å². The van der Waals surface area contributed by atoms with Gasteiger partial charge in [0.1, 0.15) is 6.10 Å². The Kier molecular flexibility index (Phi) is 9.33. The second kappa shape index (κ2) is 13.3. The van der Waals surface area contributed by atoms with Crippen LogP contribution in [0.25, 0.3) is 0 Å². The number of hydrogen-bond donors (Lipinski definition) is 2. The van der Waals surface area contributed by atoms with Gasteiger partial charge in [0.2, 0.25) is 6.79 Å². The highest BCUT2D eigenvalue weighted by Gasteiger charge is 2.44. The zero-order valence-corrected chi connectivity index (χ0v) is 24.4. The Morgan fingerprint density at radius 3 is 2.63 bits per heavy atom. The van der Waals surface area contributed by atoms with E-state index in [1.807, 2.05) is 30.3 Å². The average Bonchev–Trinajstić information content (AvgIpc) is 3.76. The summed E-state index contributed by atoms with van der Waals surface area (Å²) in [6.45, 7) is 1.13. The number of aliphatic hydroxyl groups is 1. The number of carbonyl (C=O) groups is 1. The summed E-state index contributed by atoms with van der Waals surface area (Å²) < 4.78 is 61.5. The van der Waals surface area contributed by atoms with Gasteiger partial charge in [-0.1, -0.05) is 34.8 Å². The van der Waals surface area contributed by atoms with Crippen LogP contribution in [0.15, 0.2) is 53.4 Å². The lowest BCUT2D eigenvalue weighted by Crippen LogP contribution is -2.52. The number of nitrogens with zero attached hydrogens (tertiary/aromatic N) is 1. The predicted molar refractivity (Wildman–Crippen MR) is 149 cm³/mol. The third kappa shape index (κ3) is 7.06. The Labute approximate surface area is 249 Å². The van der Waals surface area contributed by atoms with Crippen molar-refractivity contribution in [2.45, 2.75) is 61.2 Å². The number of nitrogens with one attached hydrogen (secondary N) is 1. The molecule has 4 aliphatic rings. The first-order valence-electron chi connectivity index (χ1n) is 14.5. The number of amides is 1. The van der Waals surface area contributed by atoms with Crippen molar-refractivity contribution in [1.82, 2.24) is 9.79 Å². The lowest BCUT2D eigenvalue weighted by atomic mass is 10.0. The third-order valence-electron chi connectivity index (χ3n) is 7.99. The molecule has 43 heavy (non-hydrogen) atoms. The molecule has 0 unspecified atom stereocenters. The van der Waals surface area contributed by atoms with Gasteiger partial charge in [0, 0.05) is 19.3 Å². The highest BCUT2D eigenvalue weighted by molar-refractivity contribution is 7.89. The molecule has 13 nitrogen and oxygen atoms in total. The maximum atomic E-state index is 13.9. The van der Waals surface area contributed by atoms with Crippen LogP contribution in [0.3, 0.4) is 0 Å². The zero-order chi connectivity index (χ0) is 29.8. The normalized spacial score (nSPS) is 24.9. The van der Waals surface area contributed by atoms with E-state index in [1.54, 1.807) is 0 Å². The van der Waals surface area contributed by atoms with Crippen LogP contribution >= 0.6 is 0 Å². The van der Waals surface area contributed by atoms with Crippen LogP contribution in [0.2, 0.25) is 0 Å². The molecule has 4 aliphatic heterocycles. The van der Waals surface area contributed by atoms with Gasteiger partial charge < -0.3 is 38.8 Å². The molecule has 0 saturated carbocycles. The zero-order valence-electron chi connectivity index (χ0n) is 23.5. The van der Waals surface area contributed by atoms with Gasteiger partial charge >= 0.3 is 6.09 Å². The first-order valence-corrected chi connectivity index (χ1v) is 15.9. The van der Waals surface area contributed by atoms with Crippen LogP contribution < -0.4 is 14.8 Å². The van der Waals surface area contributed by atoms with Gasteiger partial charge in [-0.3, -0.25) is 4.84 Å². The van der Waals surface area contributed by atoms with Gasteiger partial charge in [-0.25, -0.2) is 13.2 Å². The van der Waals surface area contributed by atoms with Crippen LogP contribution in [0.5, 0.6) is 11.5 Å². The minimum Gasteiger partial charge on any atom is -0.454 e. The molecule has 234 valence electrons. The van der Waals surface area contributed by atoms with Crippen molar-refractivity contribution in [2.24, 2.45) is 5.92 Å². The molecular weight excluding hydrogens is 584 g/mol. The molecule has 2 aromatic carbocycles. The fourth-order valence-electron chi connectivity index (χ4n) is 5.60. The second-order valence-electron chi connectivity index (χ2n) is 10.9. The first-order chi connectivity index (χ1) is 20.9. The monoisotopic (exact) mass is 620 g/mol. The molecular formula is C29H36N2O11S. The number of hydrogen-bond acceptors (Lipinski definition) is 11. The van der Waals surface area contributed by atoms with Crippen LogP contribution in [0.4, 0.5) is 4.79 Å². The maximum absolute atomic E-state index is 13.9. The van der Waals surface area contributed by atoms with Crippen LogP contribution in [-0.2, 0) is 40.2 Å². The van der Waals surface area contributed by atoms with Crippen molar-refractivity contribution in [3.05, 3.63) is 54.1 Å². The minimum atomic E-state index is -4.28. The highest BCUT2D eigenvalue weighted by atomic mass is 32.2. The number of benzene rings is 2. The number of alkyl carbamates (subject to hydrolysis) is 1. The molecule has 5 atom stereocenters. The molecule has 2 N–H and O–H groups in total. The highest BCUT2D eigenvalue weighted by Crippen LogP contribution is 2.35. The van der Waals surface area contributed by atoms with E-state index in [0.717, 1.165) is 16.5 Å². The Bertz CT molecular complexity index is 1360. The van der Waals surface area contributed by atoms with E-state index in [9.17, 15) is 18.3 Å². The predicted octanol–water partition coefficient (Wildman–Crippen LogP) is 1.98. The lowest BCUT2D eigenvalue weighted by Gasteiger charge is -2.32. The molecule has 0 aliphatic carbocycles. The summed E-state index contributed by atoms with van der Waals surface area (Å²) in [4.78, 5) is 19.0. The van der Waals surface area contributed by atoms with Crippen molar-refractivity contribution in [3.63, 3.8) is 0 Å². The minimum absolute atomic E-state index is 0.00974. The van der Waals surface area contributed by atoms with Crippen molar-refractivity contribution in [2.75, 3.05) is 39.8 Å². The summed E-state index contributed by atoms with van der Waals surface area (Å²) in [5.41, 5.74) is 0.829. The maximum Gasteiger partial charge on any atom is 0.407 e. The molecule has 0 aromatic heterocycles. The van der Waals surface area contributed by atoms with E-state index < -0.39 is 47.0 Å². The van der Waals surface area contributed by atoms with Crippen LogP contribution in [0.1, 0.15) is 24.8 Å². The van der Waals surface area contributed by atoms with Gasteiger partial charge in [-0.2, -0.15) is 0 Å². The summed E-state index contributed by atoms with van der Waals surface area (Å²) in [5, 5.41) is 14.3. The molecule has 2 aromatic rings. The molecule has 3 saturated heterocycles. The molecule has 6 rings (SSSR count). The Morgan fingerprint density at radius 1 is 1.02 bits per heavy atom. The van der Waals surface area contributed by atoms with E-state index in [1.165, 1.54) is 18.2 Å². The van der Waals surface area contributed by atoms with Gasteiger partial charge in [-0.05, 0) is 43.4 Å². The van der Waals surface area contributed by atoms with E-state index in [4.69, 9.17) is 33.3 Å². The average molecular weight is 621 g/mol. The molecule has 3 fully saturated rings. The number of hydroxylamine groups is 1. The van der Waals surface area contributed by atoms with Crippen LogP contribution in [0, 0.1) is 5.92 Å². The molecule has 0 radical (unpaired) electrons. The van der Waals surface area contributed by atoms with E-state index in [-0.39, 0.29) is 36.9 Å². The van der Waals surface area contributed by atoms with Crippen molar-refractivity contribution in [1.29, 1.82) is 0 Å². The molecule has 0 bridgehead atoms. The Morgan fingerprint density at radius 2 is 1.81 bits per heavy atom. The number of carbonyl (C=O) groups excluding carboxylic acids is 1. The van der Waals surface area contributed by atoms with Gasteiger partial charge in [0.25, 0.3) is 10.0 Å². The quantitative estimate of drug-likeness (QED) is 0.355. The Balaban J connectivity index is 1.21. The Hall–Kier alpha value is -2.98. The summed E-state index contributed by atoms with van der Waals surface area (Å²) in [6.07, 6.45) is -1.54. The molecule has 1 amide bonds. The smallest absolute Gasteiger partial charge is 0.407 e. The van der Waals surface area contributed by atoms with Crippen molar-refractivity contribution < 1.29 is 51.6 Å². The number of aliphatic hydroxyl groups excluding tert-OH is 1.